The summed E-state index contributed by atoms with van der Waals surface area (Å²) in [5.41, 5.74) is 0. The van der Waals surface area contributed by atoms with Gasteiger partial charge < -0.3 is 33.1 Å². The van der Waals surface area contributed by atoms with Crippen LogP contribution in [-0.4, -0.2) is 91.5 Å². The molecule has 0 saturated carbocycles. The van der Waals surface area contributed by atoms with E-state index in [0.717, 1.165) is 19.3 Å². The normalized spacial score (nSPS) is 14.7. The van der Waals surface area contributed by atoms with Crippen LogP contribution in [0.2, 0.25) is 0 Å². The summed E-state index contributed by atoms with van der Waals surface area (Å²) in [6.07, 6.45) is 10.0. The van der Waals surface area contributed by atoms with E-state index in [9.17, 15) is 30.0 Å². The second-order valence-electron chi connectivity index (χ2n) is 8.67. The van der Waals surface area contributed by atoms with Crippen molar-refractivity contribution in [1.82, 2.24) is 0 Å². The van der Waals surface area contributed by atoms with E-state index < -0.39 is 43.0 Å². The third-order valence-electron chi connectivity index (χ3n) is 5.70. The first-order valence-electron chi connectivity index (χ1n) is 12.4. The molecule has 0 saturated heterocycles. The zero-order valence-corrected chi connectivity index (χ0v) is 21.9. The molecule has 9 heteroatoms. The van der Waals surface area contributed by atoms with E-state index in [-0.39, 0.29) is 32.3 Å². The smallest absolute Gasteiger partial charge is 1.00 e. The maximum atomic E-state index is 11.7. The molecule has 0 unspecified atom stereocenters. The van der Waals surface area contributed by atoms with Crippen molar-refractivity contribution in [1.29, 1.82) is 0 Å². The third-order valence-corrected chi connectivity index (χ3v) is 5.70. The minimum Gasteiger partial charge on any atom is -1.00 e. The van der Waals surface area contributed by atoms with E-state index in [2.05, 4.69) is 11.7 Å². The van der Waals surface area contributed by atoms with Crippen LogP contribution in [0.15, 0.2) is 0 Å². The van der Waals surface area contributed by atoms with Gasteiger partial charge in [0.15, 0.2) is 6.10 Å². The number of hydrogen-bond donors (Lipinski definition) is 5. The van der Waals surface area contributed by atoms with Gasteiger partial charge in [-0.25, -0.2) is 4.79 Å². The molecule has 0 aliphatic heterocycles. The molecular formula is C24H48MgO8. The molecule has 0 radical (unpaired) electrons. The van der Waals surface area contributed by atoms with Gasteiger partial charge in [0.25, 0.3) is 0 Å². The molecule has 0 amide bonds. The molecule has 194 valence electrons. The minimum absolute atomic E-state index is 0. The Morgan fingerprint density at radius 2 is 1.09 bits per heavy atom. The largest absolute Gasteiger partial charge is 2.00 e. The molecule has 4 atom stereocenters. The minimum atomic E-state index is -2.20. The number of aliphatic hydroxyl groups is 5. The summed E-state index contributed by atoms with van der Waals surface area (Å²) >= 11 is 0. The fourth-order valence-electron chi connectivity index (χ4n) is 3.53. The van der Waals surface area contributed by atoms with Gasteiger partial charge in [0.05, 0.1) is 6.61 Å². The van der Waals surface area contributed by atoms with Crippen molar-refractivity contribution >= 4 is 35.0 Å². The monoisotopic (exact) mass is 488 g/mol. The topological polar surface area (TPSA) is 145 Å². The van der Waals surface area contributed by atoms with Crippen molar-refractivity contribution in [3.05, 3.63) is 0 Å². The Bertz CT molecular complexity index is 488. The molecule has 33 heavy (non-hydrogen) atoms. The molecule has 0 aromatic heterocycles. The van der Waals surface area contributed by atoms with Crippen LogP contribution in [0.25, 0.3) is 0 Å². The summed E-state index contributed by atoms with van der Waals surface area (Å²) < 4.78 is 4.47. The molecule has 0 fully saturated rings. The van der Waals surface area contributed by atoms with Crippen molar-refractivity contribution in [2.45, 2.75) is 134 Å². The maximum absolute atomic E-state index is 11.7. The maximum Gasteiger partial charge on any atom is 2.00 e. The molecule has 0 aromatic rings. The first-order chi connectivity index (χ1) is 15.3. The van der Waals surface area contributed by atoms with Gasteiger partial charge in [-0.05, 0) is 6.42 Å². The zero-order valence-electron chi connectivity index (χ0n) is 22.5. The van der Waals surface area contributed by atoms with Gasteiger partial charge >= 0.3 is 35.0 Å². The summed E-state index contributed by atoms with van der Waals surface area (Å²) in [5.74, 6) is -2.21. The molecule has 0 heterocycles. The zero-order chi connectivity index (χ0) is 24.2. The molecule has 0 bridgehead atoms. The van der Waals surface area contributed by atoms with Gasteiger partial charge in [0.2, 0.25) is 0 Å². The number of aliphatic hydroxyl groups excluding tert-OH is 5. The van der Waals surface area contributed by atoms with Crippen LogP contribution in [-0.2, 0) is 14.3 Å². The fraction of sp³-hybridized carbons (Fsp3) is 0.917. The van der Waals surface area contributed by atoms with Crippen molar-refractivity contribution in [2.75, 3.05) is 6.61 Å². The van der Waals surface area contributed by atoms with E-state index >= 15 is 0 Å². The molecule has 8 nitrogen and oxygen atoms in total. The molecule has 0 spiro atoms. The molecular weight excluding hydrogens is 441 g/mol. The summed E-state index contributed by atoms with van der Waals surface area (Å²) in [7, 11) is 0. The van der Waals surface area contributed by atoms with Crippen molar-refractivity contribution in [2.24, 2.45) is 0 Å². The Balaban J connectivity index is -0.00000160. The summed E-state index contributed by atoms with van der Waals surface area (Å²) in [6.45, 7) is 1.37. The van der Waals surface area contributed by atoms with Crippen LogP contribution in [0, 0.1) is 0 Å². The van der Waals surface area contributed by atoms with Gasteiger partial charge in [0, 0.05) is 6.42 Å². The molecule has 0 aliphatic rings. The SMILES string of the molecule is CCCCCCCCCCCCCCCCCC(=O)OC(=O)[C@H](O)[C@@H](O)[C@H](O)[C@H](O)CO.[H-].[H-].[Mg+2]. The fourth-order valence-corrected chi connectivity index (χ4v) is 3.53. The van der Waals surface area contributed by atoms with E-state index in [1.807, 2.05) is 0 Å². The van der Waals surface area contributed by atoms with Crippen LogP contribution in [0.5, 0.6) is 0 Å². The Morgan fingerprint density at radius 3 is 1.48 bits per heavy atom. The van der Waals surface area contributed by atoms with Gasteiger partial charge in [-0.3, -0.25) is 4.79 Å². The van der Waals surface area contributed by atoms with Crippen LogP contribution in [0.1, 0.15) is 113 Å². The summed E-state index contributed by atoms with van der Waals surface area (Å²) in [4.78, 5) is 23.3. The Morgan fingerprint density at radius 1 is 0.697 bits per heavy atom. The predicted molar refractivity (Wildman–Crippen MR) is 130 cm³/mol. The number of ether oxygens (including phenoxy) is 1. The van der Waals surface area contributed by atoms with Crippen molar-refractivity contribution in [3.8, 4) is 0 Å². The van der Waals surface area contributed by atoms with Gasteiger partial charge in [-0.2, -0.15) is 0 Å². The number of rotatable bonds is 21. The molecule has 0 aromatic carbocycles. The second kappa shape index (κ2) is 23.4. The van der Waals surface area contributed by atoms with Crippen LogP contribution in [0.3, 0.4) is 0 Å². The predicted octanol–water partition coefficient (Wildman–Crippen LogP) is 2.60. The van der Waals surface area contributed by atoms with Gasteiger partial charge in [0.1, 0.15) is 18.3 Å². The van der Waals surface area contributed by atoms with E-state index in [1.165, 1.54) is 70.6 Å². The molecule has 0 aliphatic carbocycles. The first kappa shape index (κ1) is 34.9. The van der Waals surface area contributed by atoms with E-state index in [4.69, 9.17) is 5.11 Å². The number of esters is 2. The first-order valence-corrected chi connectivity index (χ1v) is 12.4. The van der Waals surface area contributed by atoms with E-state index in [1.54, 1.807) is 0 Å². The van der Waals surface area contributed by atoms with Gasteiger partial charge in [-0.1, -0.05) is 96.8 Å². The van der Waals surface area contributed by atoms with Crippen LogP contribution in [0.4, 0.5) is 0 Å². The quantitative estimate of drug-likeness (QED) is 0.0717. The number of unbranched alkanes of at least 4 members (excludes halogenated alkanes) is 14. The van der Waals surface area contributed by atoms with Gasteiger partial charge in [-0.15, -0.1) is 0 Å². The average Bonchev–Trinajstić information content (AvgIpc) is 2.79. The number of hydrogen-bond acceptors (Lipinski definition) is 8. The van der Waals surface area contributed by atoms with Crippen LogP contribution < -0.4 is 0 Å². The average molecular weight is 489 g/mol. The summed E-state index contributed by atoms with van der Waals surface area (Å²) in [6, 6.07) is 0. The Labute approximate surface area is 218 Å². The Hall–Kier alpha value is -0.294. The molecule has 5 N–H and O–H groups in total. The summed E-state index contributed by atoms with van der Waals surface area (Å²) in [5, 5.41) is 46.6. The standard InChI is InChI=1S/C24H46O8.Mg.2H/c1-2-3-4-5-6-7-8-9-10-11-12-13-14-15-16-17-20(27)32-24(31)23(30)22(29)21(28)19(26)18-25;;;/h19,21-23,25-26,28-30H,2-18H2,1H3;;;/q;+2;2*-1/t19-,21-,22+,23-;;;/m1.../s1. The van der Waals surface area contributed by atoms with Crippen molar-refractivity contribution in [3.63, 3.8) is 0 Å². The third kappa shape index (κ3) is 18.7. The molecule has 0 rings (SSSR count). The van der Waals surface area contributed by atoms with Crippen molar-refractivity contribution < 1.29 is 42.7 Å². The van der Waals surface area contributed by atoms with Crippen LogP contribution >= 0.6 is 0 Å². The second-order valence-corrected chi connectivity index (χ2v) is 8.67. The number of carbonyl (C=O) groups excluding carboxylic acids is 2. The number of carbonyl (C=O) groups is 2. The Kier molecular flexibility index (Phi) is 24.8. The van der Waals surface area contributed by atoms with E-state index in [0.29, 0.717) is 6.42 Å².